The molecule has 0 saturated heterocycles. The van der Waals surface area contributed by atoms with Crippen molar-refractivity contribution in [2.24, 2.45) is 5.92 Å². The van der Waals surface area contributed by atoms with Crippen LogP contribution >= 0.6 is 0 Å². The summed E-state index contributed by atoms with van der Waals surface area (Å²) in [5.41, 5.74) is 7.65. The number of unbranched alkanes of at least 4 members (excludes halogenated alkanes) is 1. The summed E-state index contributed by atoms with van der Waals surface area (Å²) in [6.45, 7) is 11.0. The molecule has 0 aromatic heterocycles. The molecular formula is C11H25N2. The fourth-order valence-corrected chi connectivity index (χ4v) is 0.969. The lowest BCUT2D eigenvalue weighted by molar-refractivity contribution is 0.322. The van der Waals surface area contributed by atoms with Crippen LogP contribution < -0.4 is 10.9 Å². The first-order valence-corrected chi connectivity index (χ1v) is 5.53. The fraction of sp³-hybridized carbons (Fsp3) is 1.00. The van der Waals surface area contributed by atoms with E-state index in [2.05, 4.69) is 45.5 Å². The molecule has 0 saturated carbocycles. The standard InChI is InChI=1S/C11H25N2/c1-6-7-8-10(4)12-13-11(5)9(2)3/h9-12H,6-8H2,1-5H3. The van der Waals surface area contributed by atoms with E-state index in [0.29, 0.717) is 18.0 Å². The number of rotatable bonds is 7. The number of nitrogens with one attached hydrogen (secondary N) is 1. The Balaban J connectivity index is 3.40. The Labute approximate surface area is 83.5 Å². The zero-order valence-electron chi connectivity index (χ0n) is 9.80. The summed E-state index contributed by atoms with van der Waals surface area (Å²) in [4.78, 5) is 0. The van der Waals surface area contributed by atoms with Crippen LogP contribution in [0.15, 0.2) is 0 Å². The Kier molecular flexibility index (Phi) is 7.29. The second-order valence-corrected chi connectivity index (χ2v) is 4.29. The van der Waals surface area contributed by atoms with Gasteiger partial charge < -0.3 is 0 Å². The number of nitrogens with zero attached hydrogens (tertiary/aromatic N) is 1. The summed E-state index contributed by atoms with van der Waals surface area (Å²) in [6.07, 6.45) is 3.79. The first kappa shape index (κ1) is 12.9. The molecule has 1 N–H and O–H groups in total. The Hall–Kier alpha value is -0.0800. The van der Waals surface area contributed by atoms with E-state index in [0.717, 1.165) is 0 Å². The van der Waals surface area contributed by atoms with Crippen LogP contribution in [0.4, 0.5) is 0 Å². The van der Waals surface area contributed by atoms with E-state index in [1.807, 2.05) is 0 Å². The Morgan fingerprint density at radius 3 is 2.23 bits per heavy atom. The van der Waals surface area contributed by atoms with Gasteiger partial charge in [0.25, 0.3) is 0 Å². The highest BCUT2D eigenvalue weighted by atomic mass is 15.4. The van der Waals surface area contributed by atoms with Gasteiger partial charge in [-0.25, -0.2) is 5.43 Å². The zero-order chi connectivity index (χ0) is 10.3. The van der Waals surface area contributed by atoms with Crippen molar-refractivity contribution in [2.45, 2.75) is 66.0 Å². The third kappa shape index (κ3) is 7.03. The Morgan fingerprint density at radius 1 is 1.15 bits per heavy atom. The molecule has 2 atom stereocenters. The molecule has 0 heterocycles. The monoisotopic (exact) mass is 185 g/mol. The van der Waals surface area contributed by atoms with Crippen LogP contribution in [0.2, 0.25) is 0 Å². The Morgan fingerprint density at radius 2 is 1.77 bits per heavy atom. The van der Waals surface area contributed by atoms with E-state index in [1.165, 1.54) is 19.3 Å². The third-order valence-corrected chi connectivity index (χ3v) is 2.45. The van der Waals surface area contributed by atoms with Gasteiger partial charge in [-0.15, -0.1) is 0 Å². The van der Waals surface area contributed by atoms with Gasteiger partial charge in [-0.2, -0.15) is 5.43 Å². The van der Waals surface area contributed by atoms with E-state index >= 15 is 0 Å². The molecular weight excluding hydrogens is 160 g/mol. The number of hydrogen-bond acceptors (Lipinski definition) is 1. The van der Waals surface area contributed by atoms with Crippen molar-refractivity contribution in [3.63, 3.8) is 0 Å². The molecule has 79 valence electrons. The lowest BCUT2D eigenvalue weighted by Crippen LogP contribution is -2.40. The van der Waals surface area contributed by atoms with Gasteiger partial charge in [-0.3, -0.25) is 0 Å². The highest BCUT2D eigenvalue weighted by Crippen LogP contribution is 2.02. The van der Waals surface area contributed by atoms with E-state index in [1.54, 1.807) is 0 Å². The largest absolute Gasteiger partial charge is 0.237 e. The molecule has 0 aliphatic carbocycles. The molecule has 0 aromatic carbocycles. The molecule has 0 spiro atoms. The van der Waals surface area contributed by atoms with Gasteiger partial charge in [0, 0.05) is 12.1 Å². The van der Waals surface area contributed by atoms with Crippen LogP contribution in [-0.4, -0.2) is 12.1 Å². The van der Waals surface area contributed by atoms with Crippen molar-refractivity contribution in [1.29, 1.82) is 0 Å². The minimum Gasteiger partial charge on any atom is -0.237 e. The first-order chi connectivity index (χ1) is 6.07. The van der Waals surface area contributed by atoms with E-state index in [4.69, 9.17) is 0 Å². The zero-order valence-corrected chi connectivity index (χ0v) is 9.80. The summed E-state index contributed by atoms with van der Waals surface area (Å²) in [5, 5.41) is 0. The van der Waals surface area contributed by atoms with Gasteiger partial charge in [-0.1, -0.05) is 33.6 Å². The van der Waals surface area contributed by atoms with Crippen LogP contribution in [0.1, 0.15) is 53.9 Å². The average molecular weight is 185 g/mol. The molecule has 2 heteroatoms. The van der Waals surface area contributed by atoms with Crippen LogP contribution in [0, 0.1) is 5.92 Å². The molecule has 0 bridgehead atoms. The van der Waals surface area contributed by atoms with Gasteiger partial charge in [0.2, 0.25) is 0 Å². The normalized spacial score (nSPS) is 16.2. The molecule has 0 rings (SSSR count). The minimum atomic E-state index is 0.420. The molecule has 0 aliphatic rings. The fourth-order valence-electron chi connectivity index (χ4n) is 0.969. The molecule has 0 aromatic rings. The molecule has 0 amide bonds. The third-order valence-electron chi connectivity index (χ3n) is 2.45. The maximum absolute atomic E-state index is 4.43. The van der Waals surface area contributed by atoms with E-state index in [-0.39, 0.29) is 0 Å². The maximum atomic E-state index is 4.43. The van der Waals surface area contributed by atoms with Gasteiger partial charge in [-0.05, 0) is 26.2 Å². The van der Waals surface area contributed by atoms with Crippen molar-refractivity contribution < 1.29 is 0 Å². The van der Waals surface area contributed by atoms with Gasteiger partial charge >= 0.3 is 0 Å². The van der Waals surface area contributed by atoms with E-state index in [9.17, 15) is 0 Å². The van der Waals surface area contributed by atoms with Gasteiger partial charge in [0.15, 0.2) is 0 Å². The summed E-state index contributed by atoms with van der Waals surface area (Å²) < 4.78 is 0. The molecule has 2 unspecified atom stereocenters. The molecule has 2 nitrogen and oxygen atoms in total. The van der Waals surface area contributed by atoms with Crippen molar-refractivity contribution in [3.8, 4) is 0 Å². The van der Waals surface area contributed by atoms with Crippen LogP contribution in [0.25, 0.3) is 0 Å². The lowest BCUT2D eigenvalue weighted by atomic mass is 10.1. The Bertz CT molecular complexity index is 113. The highest BCUT2D eigenvalue weighted by molar-refractivity contribution is 4.63. The average Bonchev–Trinajstić information content (AvgIpc) is 2.10. The molecule has 0 aliphatic heterocycles. The van der Waals surface area contributed by atoms with Crippen molar-refractivity contribution in [2.75, 3.05) is 0 Å². The van der Waals surface area contributed by atoms with Crippen molar-refractivity contribution in [1.82, 2.24) is 10.9 Å². The van der Waals surface area contributed by atoms with Gasteiger partial charge in [0.05, 0.1) is 0 Å². The summed E-state index contributed by atoms with van der Waals surface area (Å²) >= 11 is 0. The van der Waals surface area contributed by atoms with E-state index < -0.39 is 0 Å². The molecule has 0 fully saturated rings. The summed E-state index contributed by atoms with van der Waals surface area (Å²) in [5.74, 6) is 0.630. The second kappa shape index (κ2) is 7.34. The highest BCUT2D eigenvalue weighted by Gasteiger charge is 2.08. The first-order valence-electron chi connectivity index (χ1n) is 5.53. The second-order valence-electron chi connectivity index (χ2n) is 4.29. The van der Waals surface area contributed by atoms with Crippen LogP contribution in [0.5, 0.6) is 0 Å². The summed E-state index contributed by atoms with van der Waals surface area (Å²) in [6, 6.07) is 0.949. The quantitative estimate of drug-likeness (QED) is 0.606. The van der Waals surface area contributed by atoms with Crippen LogP contribution in [0.3, 0.4) is 0 Å². The van der Waals surface area contributed by atoms with Crippen molar-refractivity contribution >= 4 is 0 Å². The predicted molar refractivity (Wildman–Crippen MR) is 58.6 cm³/mol. The summed E-state index contributed by atoms with van der Waals surface area (Å²) in [7, 11) is 0. The predicted octanol–water partition coefficient (Wildman–Crippen LogP) is 2.72. The molecule has 13 heavy (non-hydrogen) atoms. The minimum absolute atomic E-state index is 0.420. The topological polar surface area (TPSA) is 26.1 Å². The maximum Gasteiger partial charge on any atom is 0.0411 e. The molecule has 1 radical (unpaired) electrons. The van der Waals surface area contributed by atoms with Gasteiger partial charge in [0.1, 0.15) is 0 Å². The van der Waals surface area contributed by atoms with Crippen molar-refractivity contribution in [3.05, 3.63) is 0 Å². The smallest absolute Gasteiger partial charge is 0.0411 e. The van der Waals surface area contributed by atoms with Crippen LogP contribution in [-0.2, 0) is 0 Å². The lowest BCUT2D eigenvalue weighted by Gasteiger charge is -2.19. The SMILES string of the molecule is CCCCC(C)N[N]C(C)C(C)C. The number of hydrogen-bond donors (Lipinski definition) is 1.